The fraction of sp³-hybridized carbons (Fsp3) is 0.818. The molecule has 0 spiro atoms. The second-order valence-electron chi connectivity index (χ2n) is 5.25. The average Bonchev–Trinajstić information content (AvgIpc) is 2.34. The molecule has 0 aromatic rings. The normalized spacial score (nSPS) is 18.6. The molecule has 1 aliphatic heterocycles. The van der Waals surface area contributed by atoms with Crippen molar-refractivity contribution in [2.45, 2.75) is 19.8 Å². The van der Waals surface area contributed by atoms with Gasteiger partial charge in [-0.05, 0) is 19.8 Å². The number of carbonyl (C=O) groups is 2. The minimum atomic E-state index is -3.25. The minimum absolute atomic E-state index is 0.130. The molecular formula is C11H21N3O5S. The van der Waals surface area contributed by atoms with Gasteiger partial charge in [0.1, 0.15) is 0 Å². The standard InChI is InChI=1S/C11H21N3O5S/c1-11(9(15)16)3-7-14(8-4-11)10(17)12-5-6-13-20(2,18)19/h13H,3-8H2,1-2H3,(H,12,17)(H,15,16). The van der Waals surface area contributed by atoms with E-state index in [0.29, 0.717) is 25.9 Å². The lowest BCUT2D eigenvalue weighted by atomic mass is 9.80. The molecule has 0 radical (unpaired) electrons. The van der Waals surface area contributed by atoms with Crippen LogP contribution in [0.15, 0.2) is 0 Å². The van der Waals surface area contributed by atoms with Crippen LogP contribution in [0.25, 0.3) is 0 Å². The van der Waals surface area contributed by atoms with E-state index in [-0.39, 0.29) is 19.1 Å². The number of nitrogens with zero attached hydrogens (tertiary/aromatic N) is 1. The van der Waals surface area contributed by atoms with E-state index in [1.165, 1.54) is 0 Å². The third-order valence-electron chi connectivity index (χ3n) is 3.44. The van der Waals surface area contributed by atoms with Gasteiger partial charge in [-0.2, -0.15) is 0 Å². The van der Waals surface area contributed by atoms with Crippen LogP contribution in [0, 0.1) is 5.41 Å². The van der Waals surface area contributed by atoms with Gasteiger partial charge in [0.2, 0.25) is 10.0 Å². The predicted octanol–water partition coefficient (Wildman–Crippen LogP) is -0.568. The van der Waals surface area contributed by atoms with Gasteiger partial charge in [-0.1, -0.05) is 0 Å². The highest BCUT2D eigenvalue weighted by Gasteiger charge is 2.37. The smallest absolute Gasteiger partial charge is 0.317 e. The molecule has 20 heavy (non-hydrogen) atoms. The number of piperidine rings is 1. The van der Waals surface area contributed by atoms with Crippen LogP contribution in [0.2, 0.25) is 0 Å². The summed E-state index contributed by atoms with van der Waals surface area (Å²) in [6.45, 7) is 2.77. The van der Waals surface area contributed by atoms with Gasteiger partial charge in [0.05, 0.1) is 11.7 Å². The van der Waals surface area contributed by atoms with E-state index in [1.807, 2.05) is 0 Å². The number of sulfonamides is 1. The van der Waals surface area contributed by atoms with E-state index in [0.717, 1.165) is 6.26 Å². The summed E-state index contributed by atoms with van der Waals surface area (Å²) >= 11 is 0. The maximum absolute atomic E-state index is 11.8. The second kappa shape index (κ2) is 6.40. The Labute approximate surface area is 118 Å². The van der Waals surface area contributed by atoms with Crippen molar-refractivity contribution >= 4 is 22.0 Å². The summed E-state index contributed by atoms with van der Waals surface area (Å²) in [6, 6.07) is -0.298. The SMILES string of the molecule is CC1(C(=O)O)CCN(C(=O)NCCNS(C)(=O)=O)CC1. The Kier molecular flexibility index (Phi) is 5.35. The van der Waals surface area contributed by atoms with Gasteiger partial charge in [0.25, 0.3) is 0 Å². The number of amides is 2. The van der Waals surface area contributed by atoms with Crippen LogP contribution in [-0.2, 0) is 14.8 Å². The molecular weight excluding hydrogens is 286 g/mol. The molecule has 1 rings (SSSR count). The van der Waals surface area contributed by atoms with Crippen LogP contribution in [0.1, 0.15) is 19.8 Å². The van der Waals surface area contributed by atoms with Gasteiger partial charge in [-0.15, -0.1) is 0 Å². The molecule has 8 nitrogen and oxygen atoms in total. The largest absolute Gasteiger partial charge is 0.481 e. The number of carboxylic acids is 1. The molecule has 9 heteroatoms. The van der Waals surface area contributed by atoms with Crippen molar-refractivity contribution in [3.63, 3.8) is 0 Å². The van der Waals surface area contributed by atoms with Crippen molar-refractivity contribution in [3.05, 3.63) is 0 Å². The zero-order chi connectivity index (χ0) is 15.4. The highest BCUT2D eigenvalue weighted by atomic mass is 32.2. The lowest BCUT2D eigenvalue weighted by Crippen LogP contribution is -2.49. The van der Waals surface area contributed by atoms with Crippen LogP contribution >= 0.6 is 0 Å². The maximum Gasteiger partial charge on any atom is 0.317 e. The molecule has 0 aliphatic carbocycles. The number of nitrogens with one attached hydrogen (secondary N) is 2. The molecule has 1 saturated heterocycles. The number of hydrogen-bond acceptors (Lipinski definition) is 4. The molecule has 0 atom stereocenters. The van der Waals surface area contributed by atoms with Crippen molar-refractivity contribution in [2.75, 3.05) is 32.4 Å². The lowest BCUT2D eigenvalue weighted by Gasteiger charge is -2.36. The fourth-order valence-corrected chi connectivity index (χ4v) is 2.41. The molecule has 0 saturated carbocycles. The van der Waals surface area contributed by atoms with Crippen molar-refractivity contribution < 1.29 is 23.1 Å². The van der Waals surface area contributed by atoms with E-state index >= 15 is 0 Å². The Morgan fingerprint density at radius 2 is 1.80 bits per heavy atom. The van der Waals surface area contributed by atoms with Gasteiger partial charge in [0.15, 0.2) is 0 Å². The Morgan fingerprint density at radius 3 is 2.25 bits per heavy atom. The molecule has 3 N–H and O–H groups in total. The lowest BCUT2D eigenvalue weighted by molar-refractivity contribution is -0.150. The van der Waals surface area contributed by atoms with Crippen molar-refractivity contribution in [1.82, 2.24) is 14.9 Å². The summed E-state index contributed by atoms with van der Waals surface area (Å²) in [6.07, 6.45) is 1.88. The first-order valence-corrected chi connectivity index (χ1v) is 8.24. The summed E-state index contributed by atoms with van der Waals surface area (Å²) in [5.74, 6) is -0.838. The number of carboxylic acid groups (broad SMARTS) is 1. The molecule has 116 valence electrons. The summed E-state index contributed by atoms with van der Waals surface area (Å²) < 4.78 is 23.9. The van der Waals surface area contributed by atoms with Crippen LogP contribution < -0.4 is 10.0 Å². The van der Waals surface area contributed by atoms with Crippen molar-refractivity contribution in [1.29, 1.82) is 0 Å². The van der Waals surface area contributed by atoms with E-state index in [4.69, 9.17) is 5.11 Å². The summed E-state index contributed by atoms with van der Waals surface area (Å²) in [7, 11) is -3.25. The topological polar surface area (TPSA) is 116 Å². The van der Waals surface area contributed by atoms with Gasteiger partial charge in [-0.25, -0.2) is 17.9 Å². The zero-order valence-corrected chi connectivity index (χ0v) is 12.5. The summed E-state index contributed by atoms with van der Waals surface area (Å²) in [5.41, 5.74) is -0.769. The fourth-order valence-electron chi connectivity index (χ4n) is 1.93. The van der Waals surface area contributed by atoms with Gasteiger partial charge < -0.3 is 15.3 Å². The van der Waals surface area contributed by atoms with Gasteiger partial charge >= 0.3 is 12.0 Å². The number of hydrogen-bond donors (Lipinski definition) is 3. The molecule has 1 heterocycles. The van der Waals surface area contributed by atoms with Crippen molar-refractivity contribution in [2.24, 2.45) is 5.41 Å². The molecule has 0 aromatic carbocycles. The van der Waals surface area contributed by atoms with E-state index in [2.05, 4.69) is 10.0 Å². The van der Waals surface area contributed by atoms with Crippen LogP contribution in [0.4, 0.5) is 4.79 Å². The van der Waals surface area contributed by atoms with E-state index in [1.54, 1.807) is 11.8 Å². The third kappa shape index (κ3) is 4.97. The molecule has 0 unspecified atom stereocenters. The first kappa shape index (κ1) is 16.7. The number of likely N-dealkylation sites (tertiary alicyclic amines) is 1. The Bertz CT molecular complexity index is 468. The Balaban J connectivity index is 2.31. The second-order valence-corrected chi connectivity index (χ2v) is 7.08. The number of urea groups is 1. The molecule has 2 amide bonds. The zero-order valence-electron chi connectivity index (χ0n) is 11.7. The maximum atomic E-state index is 11.8. The molecule has 0 bridgehead atoms. The number of aliphatic carboxylic acids is 1. The summed E-state index contributed by atoms with van der Waals surface area (Å²) in [5, 5.41) is 11.7. The minimum Gasteiger partial charge on any atom is -0.481 e. The highest BCUT2D eigenvalue weighted by Crippen LogP contribution is 2.30. The molecule has 1 fully saturated rings. The quantitative estimate of drug-likeness (QED) is 0.588. The van der Waals surface area contributed by atoms with Crippen LogP contribution in [0.5, 0.6) is 0 Å². The van der Waals surface area contributed by atoms with Gasteiger partial charge in [0, 0.05) is 26.2 Å². The molecule has 1 aliphatic rings. The summed E-state index contributed by atoms with van der Waals surface area (Å²) in [4.78, 5) is 24.4. The third-order valence-corrected chi connectivity index (χ3v) is 4.16. The number of carbonyl (C=O) groups excluding carboxylic acids is 1. The Morgan fingerprint density at radius 1 is 1.25 bits per heavy atom. The monoisotopic (exact) mass is 307 g/mol. The highest BCUT2D eigenvalue weighted by molar-refractivity contribution is 7.88. The predicted molar refractivity (Wildman–Crippen MR) is 72.8 cm³/mol. The Hall–Kier alpha value is -1.35. The van der Waals surface area contributed by atoms with E-state index in [9.17, 15) is 18.0 Å². The molecule has 0 aromatic heterocycles. The van der Waals surface area contributed by atoms with Gasteiger partial charge in [-0.3, -0.25) is 4.79 Å². The average molecular weight is 307 g/mol. The first-order chi connectivity index (χ1) is 9.14. The van der Waals surface area contributed by atoms with E-state index < -0.39 is 21.4 Å². The number of rotatable bonds is 5. The first-order valence-electron chi connectivity index (χ1n) is 6.35. The van der Waals surface area contributed by atoms with Crippen molar-refractivity contribution in [3.8, 4) is 0 Å². The van der Waals surface area contributed by atoms with Crippen LogP contribution in [0.3, 0.4) is 0 Å². The van der Waals surface area contributed by atoms with Crippen LogP contribution in [-0.4, -0.2) is 62.9 Å².